The Bertz CT molecular complexity index is 1580. The lowest BCUT2D eigenvalue weighted by molar-refractivity contribution is -0.870. The number of phosphoric ester groups is 1. The Morgan fingerprint density at radius 3 is 1.19 bits per heavy atom. The predicted molar refractivity (Wildman–Crippen MR) is 305 cm³/mol. The average Bonchev–Trinajstić information content (AvgIpc) is 3.34. The van der Waals surface area contributed by atoms with Crippen LogP contribution >= 0.6 is 7.82 Å². The molecular weight excluding hydrogens is 918 g/mol. The molecule has 10 heteroatoms. The number of likely N-dealkylation sites (N-methyl/N-ethyl adjacent to an activating group) is 1. The molecule has 0 heterocycles. The molecule has 9 nitrogen and oxygen atoms in total. The first kappa shape index (κ1) is 68.7. The average molecular weight is 1020 g/mol. The number of allylic oxidation sites excluding steroid dienone is 18. The third kappa shape index (κ3) is 56.0. The monoisotopic (exact) mass is 1020 g/mol. The van der Waals surface area contributed by atoms with Crippen molar-refractivity contribution in [2.75, 3.05) is 47.5 Å². The van der Waals surface area contributed by atoms with Crippen LogP contribution in [0.2, 0.25) is 0 Å². The standard InChI is InChI=1S/C62H106NO8P/c1-6-8-10-12-14-16-18-20-22-23-24-25-26-27-28-29-30-31-32-33-34-35-36-37-38-39-41-43-45-47-49-51-53-55-62(65)71-60(59-70-72(66,67)69-57-56-63(3,4)5)58-68-61(64)54-52-50-48-46-44-42-40-21-19-17-15-13-11-9-7-2/h8,10,14,16,20-22,24-25,27-28,30-31,33-34,36-37,40,60H,6-7,9,11-13,15,17-19,23,26,29,32,35,38-39,41-59H2,1-5H3/b10-8-,16-14-,22-20-,25-24-,28-27-,31-30-,34-33-,37-36-,40-21-. The van der Waals surface area contributed by atoms with Crippen LogP contribution < -0.4 is 4.89 Å². The van der Waals surface area contributed by atoms with Crippen molar-refractivity contribution in [3.8, 4) is 0 Å². The molecule has 0 aliphatic carbocycles. The van der Waals surface area contributed by atoms with Crippen molar-refractivity contribution in [2.45, 2.75) is 225 Å². The summed E-state index contributed by atoms with van der Waals surface area (Å²) in [5.74, 6) is -0.858. The summed E-state index contributed by atoms with van der Waals surface area (Å²) in [6, 6.07) is 0. The van der Waals surface area contributed by atoms with Crippen molar-refractivity contribution >= 4 is 19.8 Å². The van der Waals surface area contributed by atoms with E-state index in [9.17, 15) is 19.0 Å². The topological polar surface area (TPSA) is 111 Å². The zero-order valence-corrected chi connectivity index (χ0v) is 47.5. The van der Waals surface area contributed by atoms with E-state index >= 15 is 0 Å². The minimum absolute atomic E-state index is 0.0389. The molecule has 0 fully saturated rings. The lowest BCUT2D eigenvalue weighted by Crippen LogP contribution is -2.37. The molecule has 72 heavy (non-hydrogen) atoms. The largest absolute Gasteiger partial charge is 0.756 e. The van der Waals surface area contributed by atoms with Gasteiger partial charge in [0.2, 0.25) is 0 Å². The smallest absolute Gasteiger partial charge is 0.306 e. The molecule has 0 spiro atoms. The molecular formula is C62H106NO8P. The lowest BCUT2D eigenvalue weighted by Gasteiger charge is -2.28. The van der Waals surface area contributed by atoms with Gasteiger partial charge in [-0.3, -0.25) is 14.2 Å². The molecule has 2 unspecified atom stereocenters. The molecule has 412 valence electrons. The molecule has 0 aliphatic rings. The number of esters is 2. The molecule has 0 aromatic rings. The van der Waals surface area contributed by atoms with Gasteiger partial charge >= 0.3 is 11.9 Å². The van der Waals surface area contributed by atoms with E-state index in [1.807, 2.05) is 21.1 Å². The number of quaternary nitrogens is 1. The van der Waals surface area contributed by atoms with E-state index in [-0.39, 0.29) is 26.1 Å². The van der Waals surface area contributed by atoms with Crippen molar-refractivity contribution in [1.29, 1.82) is 0 Å². The van der Waals surface area contributed by atoms with E-state index in [0.29, 0.717) is 23.9 Å². The zero-order chi connectivity index (χ0) is 52.7. The summed E-state index contributed by atoms with van der Waals surface area (Å²) >= 11 is 0. The highest BCUT2D eigenvalue weighted by Gasteiger charge is 2.21. The highest BCUT2D eigenvalue weighted by atomic mass is 31.2. The summed E-state index contributed by atoms with van der Waals surface area (Å²) in [4.78, 5) is 37.8. The van der Waals surface area contributed by atoms with Crippen LogP contribution in [0.3, 0.4) is 0 Å². The Morgan fingerprint density at radius 1 is 0.444 bits per heavy atom. The number of hydrogen-bond acceptors (Lipinski definition) is 8. The van der Waals surface area contributed by atoms with Crippen LogP contribution in [0.4, 0.5) is 0 Å². The summed E-state index contributed by atoms with van der Waals surface area (Å²) in [6.07, 6.45) is 72.7. The second-order valence-corrected chi connectivity index (χ2v) is 21.3. The summed E-state index contributed by atoms with van der Waals surface area (Å²) in [5.41, 5.74) is 0. The zero-order valence-electron chi connectivity index (χ0n) is 46.6. The van der Waals surface area contributed by atoms with Crippen LogP contribution in [0.25, 0.3) is 0 Å². The fraction of sp³-hybridized carbons (Fsp3) is 0.677. The van der Waals surface area contributed by atoms with Gasteiger partial charge in [-0.2, -0.15) is 0 Å². The van der Waals surface area contributed by atoms with Crippen LogP contribution in [-0.2, 0) is 32.7 Å². The molecule has 0 saturated carbocycles. The van der Waals surface area contributed by atoms with E-state index in [4.69, 9.17) is 18.5 Å². The maximum absolute atomic E-state index is 12.8. The van der Waals surface area contributed by atoms with Crippen LogP contribution in [-0.4, -0.2) is 70.0 Å². The van der Waals surface area contributed by atoms with Crippen LogP contribution in [0, 0.1) is 0 Å². The number of ether oxygens (including phenoxy) is 2. The van der Waals surface area contributed by atoms with Crippen molar-refractivity contribution in [2.24, 2.45) is 0 Å². The van der Waals surface area contributed by atoms with Gasteiger partial charge in [-0.15, -0.1) is 0 Å². The minimum atomic E-state index is -4.64. The fourth-order valence-electron chi connectivity index (χ4n) is 7.37. The molecule has 0 aromatic heterocycles. The summed E-state index contributed by atoms with van der Waals surface area (Å²) in [7, 11) is 1.14. The van der Waals surface area contributed by atoms with Gasteiger partial charge in [0.15, 0.2) is 6.10 Å². The maximum atomic E-state index is 12.8. The number of carbonyl (C=O) groups is 2. The van der Waals surface area contributed by atoms with Crippen molar-refractivity contribution in [3.63, 3.8) is 0 Å². The van der Waals surface area contributed by atoms with E-state index < -0.39 is 32.5 Å². The van der Waals surface area contributed by atoms with Gasteiger partial charge in [0, 0.05) is 12.8 Å². The summed E-state index contributed by atoms with van der Waals surface area (Å²) in [5, 5.41) is 0. The SMILES string of the molecule is CC/C=C\C/C=C\C/C=C\C/C=C\C/C=C\C/C=C\C/C=C\C/C=C\CCCCCCCCCCC(=O)OC(COC(=O)CCCCCCC/C=C\CCCCCCCC)COP(=O)([O-])OCC[N+](C)(C)C. The quantitative estimate of drug-likeness (QED) is 0.0195. The highest BCUT2D eigenvalue weighted by Crippen LogP contribution is 2.38. The first-order valence-electron chi connectivity index (χ1n) is 28.6. The van der Waals surface area contributed by atoms with Crippen molar-refractivity contribution < 1.29 is 42.1 Å². The molecule has 2 atom stereocenters. The Kier molecular flexibility index (Phi) is 50.1. The molecule has 0 aromatic carbocycles. The Balaban J connectivity index is 4.19. The molecule has 0 radical (unpaired) electrons. The van der Waals surface area contributed by atoms with E-state index in [2.05, 4.69) is 123 Å². The molecule has 0 rings (SSSR count). The number of hydrogen-bond donors (Lipinski definition) is 0. The van der Waals surface area contributed by atoms with Gasteiger partial charge in [0.05, 0.1) is 27.7 Å². The van der Waals surface area contributed by atoms with Crippen LogP contribution in [0.1, 0.15) is 219 Å². The van der Waals surface area contributed by atoms with Crippen LogP contribution in [0.5, 0.6) is 0 Å². The Hall–Kier alpha value is -3.33. The van der Waals surface area contributed by atoms with Gasteiger partial charge in [-0.05, 0) is 103 Å². The molecule has 0 N–H and O–H groups in total. The first-order chi connectivity index (χ1) is 35.0. The number of carbonyl (C=O) groups excluding carboxylic acids is 2. The normalized spacial score (nSPS) is 14.1. The van der Waals surface area contributed by atoms with Crippen molar-refractivity contribution in [1.82, 2.24) is 0 Å². The van der Waals surface area contributed by atoms with E-state index in [1.165, 1.54) is 70.6 Å². The predicted octanol–water partition coefficient (Wildman–Crippen LogP) is 17.2. The summed E-state index contributed by atoms with van der Waals surface area (Å²) in [6.45, 7) is 4.09. The van der Waals surface area contributed by atoms with Gasteiger partial charge < -0.3 is 27.9 Å². The maximum Gasteiger partial charge on any atom is 0.306 e. The second kappa shape index (κ2) is 52.5. The molecule has 0 saturated heterocycles. The number of nitrogens with zero attached hydrogens (tertiary/aromatic N) is 1. The second-order valence-electron chi connectivity index (χ2n) is 19.9. The molecule has 0 aliphatic heterocycles. The molecule has 0 bridgehead atoms. The van der Waals surface area contributed by atoms with Crippen molar-refractivity contribution in [3.05, 3.63) is 109 Å². The van der Waals surface area contributed by atoms with Gasteiger partial charge in [0.25, 0.3) is 7.82 Å². The lowest BCUT2D eigenvalue weighted by atomic mass is 10.1. The number of phosphoric acid groups is 1. The third-order valence-corrected chi connectivity index (χ3v) is 12.7. The van der Waals surface area contributed by atoms with Crippen LogP contribution in [0.15, 0.2) is 109 Å². The third-order valence-electron chi connectivity index (χ3n) is 11.8. The Morgan fingerprint density at radius 2 is 0.792 bits per heavy atom. The minimum Gasteiger partial charge on any atom is -0.756 e. The van der Waals surface area contributed by atoms with E-state index in [0.717, 1.165) is 109 Å². The highest BCUT2D eigenvalue weighted by molar-refractivity contribution is 7.45. The van der Waals surface area contributed by atoms with Gasteiger partial charge in [0.1, 0.15) is 19.8 Å². The van der Waals surface area contributed by atoms with Gasteiger partial charge in [-0.1, -0.05) is 213 Å². The van der Waals surface area contributed by atoms with E-state index in [1.54, 1.807) is 0 Å². The fourth-order valence-corrected chi connectivity index (χ4v) is 8.10. The number of rotatable bonds is 51. The number of unbranched alkanes of at least 4 members (excludes halogenated alkanes) is 19. The summed E-state index contributed by atoms with van der Waals surface area (Å²) < 4.78 is 34.1. The molecule has 0 amide bonds. The van der Waals surface area contributed by atoms with Gasteiger partial charge in [-0.25, -0.2) is 0 Å². The Labute approximate surface area is 442 Å². The first-order valence-corrected chi connectivity index (χ1v) is 30.1.